The molecule has 56 heavy (non-hydrogen) atoms. The van der Waals surface area contributed by atoms with Crippen LogP contribution in [0.4, 0.5) is 26.3 Å². The zero-order valence-electron chi connectivity index (χ0n) is 32.0. The van der Waals surface area contributed by atoms with Crippen molar-refractivity contribution in [3.8, 4) is 0 Å². The van der Waals surface area contributed by atoms with E-state index >= 15 is 0 Å². The number of benzene rings is 2. The first-order chi connectivity index (χ1) is 26.0. The highest BCUT2D eigenvalue weighted by Gasteiger charge is 2.38. The van der Waals surface area contributed by atoms with Crippen LogP contribution < -0.4 is 16.1 Å². The number of carboxylic acids is 1. The van der Waals surface area contributed by atoms with Crippen LogP contribution in [-0.2, 0) is 31.8 Å². The lowest BCUT2D eigenvalue weighted by Gasteiger charge is -2.34. The lowest BCUT2D eigenvalue weighted by molar-refractivity contribution is -0.192. The molecule has 4 rings (SSSR count). The predicted molar refractivity (Wildman–Crippen MR) is 198 cm³/mol. The zero-order chi connectivity index (χ0) is 41.8. The van der Waals surface area contributed by atoms with Gasteiger partial charge in [-0.2, -0.15) is 26.3 Å². The van der Waals surface area contributed by atoms with Crippen molar-refractivity contribution in [2.75, 3.05) is 19.6 Å². The van der Waals surface area contributed by atoms with Gasteiger partial charge in [-0.1, -0.05) is 61.7 Å². The SMILES string of the molecule is CC(=N)N1CCC(CNC(=O)[C@@H](NC(=O)C(Cc2ccc(C(=N)NOC(C)(C)C)cc2)c2cccc(C(F)(F)F)c2)C2CCCCC2)CC1.O=C(O)C(F)(F)F. The number of piperidine rings is 1. The van der Waals surface area contributed by atoms with Crippen molar-refractivity contribution in [2.24, 2.45) is 11.8 Å². The molecule has 0 bridgehead atoms. The van der Waals surface area contributed by atoms with Gasteiger partial charge >= 0.3 is 18.3 Å². The number of alkyl halides is 6. The van der Waals surface area contributed by atoms with E-state index in [0.29, 0.717) is 23.5 Å². The number of amides is 2. The Morgan fingerprint density at radius 1 is 0.893 bits per heavy atom. The van der Waals surface area contributed by atoms with Crippen molar-refractivity contribution in [3.63, 3.8) is 0 Å². The minimum Gasteiger partial charge on any atom is -0.475 e. The summed E-state index contributed by atoms with van der Waals surface area (Å²) in [6, 6.07) is 10.9. The Kier molecular flexibility index (Phi) is 16.3. The molecule has 310 valence electrons. The minimum absolute atomic E-state index is 0.0466. The van der Waals surface area contributed by atoms with Gasteiger partial charge in [0.2, 0.25) is 11.8 Å². The molecule has 2 fully saturated rings. The van der Waals surface area contributed by atoms with E-state index in [0.717, 1.165) is 70.2 Å². The van der Waals surface area contributed by atoms with Crippen LogP contribution in [0.2, 0.25) is 0 Å². The predicted octanol–water partition coefficient (Wildman–Crippen LogP) is 7.20. The lowest BCUT2D eigenvalue weighted by atomic mass is 9.82. The molecule has 1 aliphatic heterocycles. The molecule has 0 radical (unpaired) electrons. The smallest absolute Gasteiger partial charge is 0.475 e. The number of hydroxylamine groups is 1. The van der Waals surface area contributed by atoms with Crippen LogP contribution in [0.25, 0.3) is 0 Å². The second-order valence-electron chi connectivity index (χ2n) is 15.2. The van der Waals surface area contributed by atoms with Gasteiger partial charge in [0, 0.05) is 25.2 Å². The third-order valence-electron chi connectivity index (χ3n) is 9.67. The normalized spacial score (nSPS) is 16.8. The Balaban J connectivity index is 0.00000109. The van der Waals surface area contributed by atoms with Crippen LogP contribution in [0, 0.1) is 22.7 Å². The van der Waals surface area contributed by atoms with E-state index in [4.69, 9.17) is 25.6 Å². The average molecular weight is 799 g/mol. The van der Waals surface area contributed by atoms with Gasteiger partial charge in [-0.15, -0.1) is 0 Å². The van der Waals surface area contributed by atoms with E-state index in [2.05, 4.69) is 16.1 Å². The Labute approximate surface area is 322 Å². The number of rotatable bonds is 11. The number of hydrogen-bond donors (Lipinski definition) is 6. The van der Waals surface area contributed by atoms with Crippen LogP contribution in [-0.4, -0.2) is 76.9 Å². The summed E-state index contributed by atoms with van der Waals surface area (Å²) in [6.07, 6.45) is -3.36. The molecule has 1 saturated heterocycles. The Morgan fingerprint density at radius 3 is 2.00 bits per heavy atom. The average Bonchev–Trinajstić information content (AvgIpc) is 3.14. The summed E-state index contributed by atoms with van der Waals surface area (Å²) in [5.74, 6) is -3.75. The number of halogens is 6. The van der Waals surface area contributed by atoms with Gasteiger partial charge in [0.05, 0.1) is 22.9 Å². The highest BCUT2D eigenvalue weighted by atomic mass is 19.4. The van der Waals surface area contributed by atoms with E-state index in [9.17, 15) is 35.9 Å². The molecule has 2 aliphatic rings. The van der Waals surface area contributed by atoms with Gasteiger partial charge in [0.25, 0.3) is 0 Å². The van der Waals surface area contributed by atoms with E-state index in [1.165, 1.54) is 12.1 Å². The van der Waals surface area contributed by atoms with Crippen molar-refractivity contribution in [3.05, 3.63) is 70.8 Å². The van der Waals surface area contributed by atoms with Crippen molar-refractivity contribution in [1.82, 2.24) is 21.0 Å². The number of likely N-dealkylation sites (tertiary alicyclic amines) is 1. The third kappa shape index (κ3) is 14.8. The molecule has 2 amide bonds. The molecule has 2 aromatic carbocycles. The highest BCUT2D eigenvalue weighted by Crippen LogP contribution is 2.33. The monoisotopic (exact) mass is 798 g/mol. The molecule has 1 aliphatic carbocycles. The van der Waals surface area contributed by atoms with Crippen molar-refractivity contribution < 1.29 is 50.7 Å². The van der Waals surface area contributed by atoms with Gasteiger partial charge < -0.3 is 20.6 Å². The summed E-state index contributed by atoms with van der Waals surface area (Å²) in [4.78, 5) is 44.3. The number of carbonyl (C=O) groups is 3. The number of carboxylic acid groups (broad SMARTS) is 1. The molecule has 1 heterocycles. The third-order valence-corrected chi connectivity index (χ3v) is 9.67. The zero-order valence-corrected chi connectivity index (χ0v) is 32.0. The summed E-state index contributed by atoms with van der Waals surface area (Å²) in [5.41, 5.74) is 2.71. The maximum Gasteiger partial charge on any atom is 0.490 e. The molecule has 1 unspecified atom stereocenters. The highest BCUT2D eigenvalue weighted by molar-refractivity contribution is 5.95. The van der Waals surface area contributed by atoms with Crippen LogP contribution in [0.3, 0.4) is 0 Å². The number of carbonyl (C=O) groups excluding carboxylic acids is 2. The molecule has 2 aromatic rings. The fourth-order valence-corrected chi connectivity index (χ4v) is 6.55. The topological polar surface area (TPSA) is 168 Å². The molecule has 11 nitrogen and oxygen atoms in total. The summed E-state index contributed by atoms with van der Waals surface area (Å²) < 4.78 is 73.0. The Morgan fingerprint density at radius 2 is 1.48 bits per heavy atom. The van der Waals surface area contributed by atoms with Crippen molar-refractivity contribution in [2.45, 2.75) is 109 Å². The fraction of sp³-hybridized carbons (Fsp3) is 0.564. The van der Waals surface area contributed by atoms with E-state index in [1.807, 2.05) is 25.7 Å². The van der Waals surface area contributed by atoms with Gasteiger partial charge in [-0.3, -0.25) is 25.2 Å². The minimum atomic E-state index is -5.08. The van der Waals surface area contributed by atoms with Crippen molar-refractivity contribution in [1.29, 1.82) is 10.8 Å². The van der Waals surface area contributed by atoms with Gasteiger partial charge in [0.15, 0.2) is 0 Å². The number of amidine groups is 2. The Bertz CT molecular complexity index is 1650. The molecule has 1 saturated carbocycles. The maximum atomic E-state index is 14.2. The number of nitrogens with one attached hydrogen (secondary N) is 5. The van der Waals surface area contributed by atoms with E-state index < -0.39 is 47.4 Å². The van der Waals surface area contributed by atoms with Crippen molar-refractivity contribution >= 4 is 29.5 Å². The van der Waals surface area contributed by atoms with Crippen LogP contribution in [0.15, 0.2) is 48.5 Å². The first-order valence-corrected chi connectivity index (χ1v) is 18.5. The molecule has 0 aromatic heterocycles. The second-order valence-corrected chi connectivity index (χ2v) is 15.2. The number of aliphatic carboxylic acids is 1. The Hall–Kier alpha value is -4.67. The van der Waals surface area contributed by atoms with Crippen LogP contribution in [0.5, 0.6) is 0 Å². The quantitative estimate of drug-likeness (QED) is 0.0605. The molecule has 2 atom stereocenters. The molecular formula is C39H52F6N6O5. The van der Waals surface area contributed by atoms with E-state index in [-0.39, 0.29) is 35.6 Å². The first-order valence-electron chi connectivity index (χ1n) is 18.5. The molecule has 0 spiro atoms. The fourth-order valence-electron chi connectivity index (χ4n) is 6.55. The van der Waals surface area contributed by atoms with Gasteiger partial charge in [-0.05, 0) is 88.8 Å². The molecule has 17 heteroatoms. The van der Waals surface area contributed by atoms with Crippen LogP contribution in [0.1, 0.15) is 101 Å². The molecule has 6 N–H and O–H groups in total. The van der Waals surface area contributed by atoms with E-state index in [1.54, 1.807) is 31.2 Å². The standard InChI is InChI=1S/C37H51F3N6O3.C2HF3O2/c1-24(41)46-19-17-26(18-20-46)23-43-35(48)32(27-9-6-5-7-10-27)44-34(47)31(29-11-8-12-30(22-29)37(38,39)40)21-25-13-15-28(16-14-25)33(42)45-49-36(2,3)4;3-2(4,5)1(6)7/h8,11-16,22,26-27,31-32,41H,5-7,9-10,17-21,23H2,1-4H3,(H2,42,45)(H,43,48)(H,44,47);(H,6,7)/t31?,32-;/m0./s1. The summed E-state index contributed by atoms with van der Waals surface area (Å²) in [7, 11) is 0. The van der Waals surface area contributed by atoms with Crippen LogP contribution >= 0.6 is 0 Å². The number of hydrogen-bond acceptors (Lipinski definition) is 6. The number of nitrogens with zero attached hydrogens (tertiary/aromatic N) is 1. The maximum absolute atomic E-state index is 14.2. The first kappa shape index (κ1) is 45.7. The summed E-state index contributed by atoms with van der Waals surface area (Å²) >= 11 is 0. The summed E-state index contributed by atoms with van der Waals surface area (Å²) in [6.45, 7) is 9.32. The lowest BCUT2D eigenvalue weighted by Crippen LogP contribution is -2.53. The van der Waals surface area contributed by atoms with Gasteiger partial charge in [-0.25, -0.2) is 10.3 Å². The molecular weight excluding hydrogens is 746 g/mol. The van der Waals surface area contributed by atoms with Gasteiger partial charge in [0.1, 0.15) is 11.9 Å². The second kappa shape index (κ2) is 20.0. The largest absolute Gasteiger partial charge is 0.490 e. The summed E-state index contributed by atoms with van der Waals surface area (Å²) in [5, 5.41) is 29.4.